The summed E-state index contributed by atoms with van der Waals surface area (Å²) in [5.41, 5.74) is 5.63. The van der Waals surface area contributed by atoms with Gasteiger partial charge in [0.15, 0.2) is 0 Å². The second kappa shape index (κ2) is 7.35. The highest BCUT2D eigenvalue weighted by molar-refractivity contribution is 7.89. The zero-order valence-electron chi connectivity index (χ0n) is 12.7. The van der Waals surface area contributed by atoms with Crippen molar-refractivity contribution >= 4 is 21.6 Å². The molecule has 0 aliphatic heterocycles. The molecular weight excluding hydrogens is 325 g/mol. The second-order valence-electron chi connectivity index (χ2n) is 5.39. The number of methoxy groups -OCH3 is 1. The molecule has 1 unspecified atom stereocenters. The molecule has 0 aromatic heterocycles. The van der Waals surface area contributed by atoms with E-state index in [1.807, 2.05) is 0 Å². The Balaban J connectivity index is 2.12. The molecule has 0 bridgehead atoms. The molecular formula is C14H20FN3O4S. The zero-order valence-corrected chi connectivity index (χ0v) is 13.5. The molecule has 1 fully saturated rings. The van der Waals surface area contributed by atoms with E-state index in [1.54, 1.807) is 0 Å². The third-order valence-electron chi connectivity index (χ3n) is 3.41. The number of hydrogen-bond acceptors (Lipinski definition) is 5. The average Bonchev–Trinajstić information content (AvgIpc) is 3.29. The fourth-order valence-electron chi connectivity index (χ4n) is 1.95. The normalized spacial score (nSPS) is 16.1. The van der Waals surface area contributed by atoms with Gasteiger partial charge in [0.2, 0.25) is 15.9 Å². The quantitative estimate of drug-likeness (QED) is 0.638. The van der Waals surface area contributed by atoms with Crippen molar-refractivity contribution in [3.63, 3.8) is 0 Å². The summed E-state index contributed by atoms with van der Waals surface area (Å²) < 4.78 is 45.5. The largest absolute Gasteiger partial charge is 0.380 e. The molecule has 0 spiro atoms. The summed E-state index contributed by atoms with van der Waals surface area (Å²) in [7, 11) is -2.50. The molecule has 7 nitrogen and oxygen atoms in total. The highest BCUT2D eigenvalue weighted by Gasteiger charge is 2.29. The van der Waals surface area contributed by atoms with Crippen LogP contribution in [0.4, 0.5) is 10.1 Å². The maximum Gasteiger partial charge on any atom is 0.243 e. The first-order valence-electron chi connectivity index (χ1n) is 7.20. The number of sulfonamides is 1. The van der Waals surface area contributed by atoms with Gasteiger partial charge >= 0.3 is 0 Å². The van der Waals surface area contributed by atoms with Crippen molar-refractivity contribution in [2.24, 2.45) is 5.73 Å². The summed E-state index contributed by atoms with van der Waals surface area (Å²) in [5, 5.41) is 2.52. The van der Waals surface area contributed by atoms with Crippen LogP contribution in [-0.2, 0) is 19.6 Å². The van der Waals surface area contributed by atoms with E-state index in [4.69, 9.17) is 10.5 Å². The predicted octanol–water partition coefficient (Wildman–Crippen LogP) is 0.569. The summed E-state index contributed by atoms with van der Waals surface area (Å²) in [5.74, 6) is -1.26. The molecule has 1 aromatic carbocycles. The molecule has 1 saturated carbocycles. The molecule has 2 rings (SSSR count). The molecule has 23 heavy (non-hydrogen) atoms. The first-order chi connectivity index (χ1) is 10.9. The number of hydrogen-bond donors (Lipinski definition) is 3. The van der Waals surface area contributed by atoms with Crippen molar-refractivity contribution in [2.45, 2.75) is 36.3 Å². The van der Waals surface area contributed by atoms with Gasteiger partial charge < -0.3 is 15.8 Å². The van der Waals surface area contributed by atoms with E-state index < -0.39 is 32.7 Å². The zero-order chi connectivity index (χ0) is 17.0. The minimum Gasteiger partial charge on any atom is -0.380 e. The average molecular weight is 345 g/mol. The maximum atomic E-state index is 13.8. The van der Waals surface area contributed by atoms with Gasteiger partial charge in [-0.3, -0.25) is 4.79 Å². The lowest BCUT2D eigenvalue weighted by Crippen LogP contribution is -2.28. The number of amides is 1. The number of carbonyl (C=O) groups is 1. The lowest BCUT2D eigenvalue weighted by Gasteiger charge is -2.13. The lowest BCUT2D eigenvalue weighted by molar-refractivity contribution is -0.118. The van der Waals surface area contributed by atoms with Crippen LogP contribution in [0.2, 0.25) is 0 Å². The van der Waals surface area contributed by atoms with Gasteiger partial charge in [-0.2, -0.15) is 0 Å². The predicted molar refractivity (Wildman–Crippen MR) is 82.8 cm³/mol. The van der Waals surface area contributed by atoms with Gasteiger partial charge in [-0.05, 0) is 31.0 Å². The number of nitrogens with two attached hydrogens (primary N) is 1. The Morgan fingerprint density at radius 2 is 2.17 bits per heavy atom. The number of nitrogens with one attached hydrogen (secondary N) is 2. The molecule has 1 amide bonds. The number of ether oxygens (including phenoxy) is 1. The third-order valence-corrected chi connectivity index (χ3v) is 4.95. The van der Waals surface area contributed by atoms with E-state index >= 15 is 0 Å². The van der Waals surface area contributed by atoms with Crippen molar-refractivity contribution < 1.29 is 22.3 Å². The SMILES string of the molecule is COC(CN)CC(=O)Nc1ccc(F)c(S(=O)(=O)NC2CC2)c1. The van der Waals surface area contributed by atoms with Gasteiger partial charge in [0, 0.05) is 25.4 Å². The van der Waals surface area contributed by atoms with Gasteiger partial charge in [0.1, 0.15) is 10.7 Å². The highest BCUT2D eigenvalue weighted by atomic mass is 32.2. The van der Waals surface area contributed by atoms with Crippen molar-refractivity contribution in [1.29, 1.82) is 0 Å². The molecule has 1 aromatic rings. The number of anilines is 1. The molecule has 1 aliphatic rings. The molecule has 0 heterocycles. The van der Waals surface area contributed by atoms with Gasteiger partial charge in [0.05, 0.1) is 12.5 Å². The summed E-state index contributed by atoms with van der Waals surface area (Å²) >= 11 is 0. The standard InChI is InChI=1S/C14H20FN3O4S/c1-22-11(8-16)7-14(19)17-10-4-5-12(15)13(6-10)23(20,21)18-9-2-3-9/h4-6,9,11,18H,2-3,7-8,16H2,1H3,(H,17,19). The Hall–Kier alpha value is -1.55. The highest BCUT2D eigenvalue weighted by Crippen LogP contribution is 2.25. The van der Waals surface area contributed by atoms with E-state index in [0.29, 0.717) is 0 Å². The number of rotatable bonds is 8. The van der Waals surface area contributed by atoms with Gasteiger partial charge in [-0.15, -0.1) is 0 Å². The van der Waals surface area contributed by atoms with Crippen LogP contribution < -0.4 is 15.8 Å². The van der Waals surface area contributed by atoms with Crippen LogP contribution in [0, 0.1) is 5.82 Å². The topological polar surface area (TPSA) is 111 Å². The van der Waals surface area contributed by atoms with Gasteiger partial charge in [0.25, 0.3) is 0 Å². The summed E-state index contributed by atoms with van der Waals surface area (Å²) in [6.45, 7) is 0.179. The minimum atomic E-state index is -3.94. The van der Waals surface area contributed by atoms with Gasteiger partial charge in [-0.25, -0.2) is 17.5 Å². The first-order valence-corrected chi connectivity index (χ1v) is 8.68. The number of halogens is 1. The van der Waals surface area contributed by atoms with Crippen molar-refractivity contribution in [1.82, 2.24) is 4.72 Å². The Morgan fingerprint density at radius 1 is 1.48 bits per heavy atom. The van der Waals surface area contributed by atoms with E-state index in [1.165, 1.54) is 13.2 Å². The molecule has 1 aliphatic carbocycles. The molecule has 128 valence electrons. The Morgan fingerprint density at radius 3 is 2.74 bits per heavy atom. The van der Waals surface area contributed by atoms with Crippen LogP contribution in [0.3, 0.4) is 0 Å². The number of benzene rings is 1. The van der Waals surface area contributed by atoms with E-state index in [-0.39, 0.29) is 24.7 Å². The molecule has 4 N–H and O–H groups in total. The second-order valence-corrected chi connectivity index (χ2v) is 7.07. The number of carbonyl (C=O) groups excluding carboxylic acids is 1. The summed E-state index contributed by atoms with van der Waals surface area (Å²) in [4.78, 5) is 11.4. The first kappa shape index (κ1) is 17.8. The van der Waals surface area contributed by atoms with Gasteiger partial charge in [-0.1, -0.05) is 0 Å². The molecule has 9 heteroatoms. The third kappa shape index (κ3) is 4.96. The van der Waals surface area contributed by atoms with Crippen LogP contribution in [0.25, 0.3) is 0 Å². The molecule has 0 radical (unpaired) electrons. The molecule has 0 saturated heterocycles. The summed E-state index contributed by atoms with van der Waals surface area (Å²) in [6, 6.07) is 3.27. The maximum absolute atomic E-state index is 13.8. The monoisotopic (exact) mass is 345 g/mol. The van der Waals surface area contributed by atoms with E-state index in [2.05, 4.69) is 10.0 Å². The van der Waals surface area contributed by atoms with Crippen LogP contribution in [0.1, 0.15) is 19.3 Å². The minimum absolute atomic E-state index is 0.0206. The Bertz CT molecular complexity index is 673. The van der Waals surface area contributed by atoms with Crippen LogP contribution in [0.15, 0.2) is 23.1 Å². The van der Waals surface area contributed by atoms with Crippen LogP contribution in [-0.4, -0.2) is 40.1 Å². The Labute approximate surface area is 134 Å². The van der Waals surface area contributed by atoms with Crippen molar-refractivity contribution in [2.75, 3.05) is 19.0 Å². The summed E-state index contributed by atoms with van der Waals surface area (Å²) in [6.07, 6.45) is 1.08. The van der Waals surface area contributed by atoms with Crippen LogP contribution in [0.5, 0.6) is 0 Å². The lowest BCUT2D eigenvalue weighted by atomic mass is 10.2. The van der Waals surface area contributed by atoms with E-state index in [9.17, 15) is 17.6 Å². The van der Waals surface area contributed by atoms with Crippen LogP contribution >= 0.6 is 0 Å². The van der Waals surface area contributed by atoms with Crippen molar-refractivity contribution in [3.8, 4) is 0 Å². The smallest absolute Gasteiger partial charge is 0.243 e. The fourth-order valence-corrected chi connectivity index (χ4v) is 3.36. The Kier molecular flexibility index (Phi) is 5.69. The van der Waals surface area contributed by atoms with Crippen molar-refractivity contribution in [3.05, 3.63) is 24.0 Å². The fraction of sp³-hybridized carbons (Fsp3) is 0.500. The van der Waals surface area contributed by atoms with E-state index in [0.717, 1.165) is 25.0 Å². The molecule has 1 atom stereocenters.